The zero-order valence-electron chi connectivity index (χ0n) is 9.97. The molecule has 0 fully saturated rings. The van der Waals surface area contributed by atoms with Crippen molar-refractivity contribution < 1.29 is 14.4 Å². The fourth-order valence-electron chi connectivity index (χ4n) is 1.40. The molecule has 0 aliphatic carbocycles. The Morgan fingerprint density at radius 3 is 2.35 bits per heavy atom. The zero-order chi connectivity index (χ0) is 13.1. The summed E-state index contributed by atoms with van der Waals surface area (Å²) >= 11 is 0. The summed E-state index contributed by atoms with van der Waals surface area (Å²) in [5.41, 5.74) is -0.760. The molecule has 0 rings (SSSR count). The minimum absolute atomic E-state index is 0.399. The van der Waals surface area contributed by atoms with E-state index in [1.54, 1.807) is 13.8 Å². The molecule has 0 spiro atoms. The highest BCUT2D eigenvalue weighted by atomic mass is 16.1. The normalized spacial score (nSPS) is 14.5. The first-order valence-electron chi connectivity index (χ1n) is 5.30. The van der Waals surface area contributed by atoms with Gasteiger partial charge in [-0.3, -0.25) is 0 Å². The Labute approximate surface area is 99.6 Å². The summed E-state index contributed by atoms with van der Waals surface area (Å²) in [6.45, 7) is 3.82. The van der Waals surface area contributed by atoms with Gasteiger partial charge in [0.15, 0.2) is 0 Å². The van der Waals surface area contributed by atoms with Gasteiger partial charge >= 0.3 is 0 Å². The van der Waals surface area contributed by atoms with Gasteiger partial charge in [0.25, 0.3) is 0 Å². The van der Waals surface area contributed by atoms with Crippen LogP contribution in [0.2, 0.25) is 0 Å². The van der Waals surface area contributed by atoms with Gasteiger partial charge in [0.05, 0.1) is 18.1 Å². The fraction of sp³-hybridized carbons (Fsp3) is 0.727. The van der Waals surface area contributed by atoms with Crippen LogP contribution < -0.4 is 0 Å². The summed E-state index contributed by atoms with van der Waals surface area (Å²) in [5.74, 6) is 0. The second-order valence-corrected chi connectivity index (χ2v) is 3.89. The largest absolute Gasteiger partial charge is 0.235 e. The molecule has 17 heavy (non-hydrogen) atoms. The highest BCUT2D eigenvalue weighted by Gasteiger charge is 2.30. The lowest BCUT2D eigenvalue weighted by Gasteiger charge is -2.26. The number of nitrogens with zero attached hydrogens (tertiary/aromatic N) is 3. The maximum absolute atomic E-state index is 10.4. The SMILES string of the molecule is CC(N=C=O)C(C)(CCCCN=C=O)N=C=O. The molecule has 0 aromatic carbocycles. The number of hydrogen-bond donors (Lipinski definition) is 0. The number of hydrogen-bond acceptors (Lipinski definition) is 6. The van der Waals surface area contributed by atoms with Gasteiger partial charge in [0, 0.05) is 0 Å². The van der Waals surface area contributed by atoms with Gasteiger partial charge in [-0.15, -0.1) is 0 Å². The first-order valence-corrected chi connectivity index (χ1v) is 5.30. The van der Waals surface area contributed by atoms with Gasteiger partial charge in [-0.2, -0.15) is 4.99 Å². The van der Waals surface area contributed by atoms with E-state index >= 15 is 0 Å². The topological polar surface area (TPSA) is 88.3 Å². The van der Waals surface area contributed by atoms with E-state index in [1.807, 2.05) is 0 Å². The fourth-order valence-corrected chi connectivity index (χ4v) is 1.40. The van der Waals surface area contributed by atoms with E-state index in [0.29, 0.717) is 25.8 Å². The first kappa shape index (κ1) is 15.1. The molecule has 2 unspecified atom stereocenters. The zero-order valence-corrected chi connectivity index (χ0v) is 9.97. The molecule has 0 aromatic heterocycles. The lowest BCUT2D eigenvalue weighted by Crippen LogP contribution is -2.34. The molecule has 0 amide bonds. The Balaban J connectivity index is 4.45. The van der Waals surface area contributed by atoms with Crippen LogP contribution >= 0.6 is 0 Å². The molecule has 0 aliphatic rings. The predicted octanol–water partition coefficient (Wildman–Crippen LogP) is 1.31. The molecule has 0 saturated heterocycles. The summed E-state index contributed by atoms with van der Waals surface area (Å²) in [7, 11) is 0. The van der Waals surface area contributed by atoms with Crippen molar-refractivity contribution in [2.24, 2.45) is 15.0 Å². The number of rotatable bonds is 8. The monoisotopic (exact) mass is 237 g/mol. The molecule has 0 bridgehead atoms. The summed E-state index contributed by atoms with van der Waals surface area (Å²) in [5, 5.41) is 0. The highest BCUT2D eigenvalue weighted by molar-refractivity contribution is 5.37. The van der Waals surface area contributed by atoms with Crippen LogP contribution in [0.25, 0.3) is 0 Å². The van der Waals surface area contributed by atoms with E-state index in [4.69, 9.17) is 0 Å². The Hall–Kier alpha value is -1.86. The van der Waals surface area contributed by atoms with Crippen LogP contribution in [0, 0.1) is 0 Å². The summed E-state index contributed by atoms with van der Waals surface area (Å²) < 4.78 is 0. The predicted molar refractivity (Wildman–Crippen MR) is 60.9 cm³/mol. The second kappa shape index (κ2) is 8.31. The van der Waals surface area contributed by atoms with Crippen molar-refractivity contribution in [1.82, 2.24) is 0 Å². The lowest BCUT2D eigenvalue weighted by molar-refractivity contribution is 0.356. The third-order valence-corrected chi connectivity index (χ3v) is 2.71. The molecule has 0 N–H and O–H groups in total. The molecule has 92 valence electrons. The van der Waals surface area contributed by atoms with Crippen molar-refractivity contribution in [2.45, 2.75) is 44.7 Å². The minimum atomic E-state index is -0.760. The Morgan fingerprint density at radius 2 is 1.82 bits per heavy atom. The average Bonchev–Trinajstić information content (AvgIpc) is 2.29. The highest BCUT2D eigenvalue weighted by Crippen LogP contribution is 2.24. The second-order valence-electron chi connectivity index (χ2n) is 3.89. The quantitative estimate of drug-likeness (QED) is 0.362. The van der Waals surface area contributed by atoms with E-state index < -0.39 is 11.6 Å². The summed E-state index contributed by atoms with van der Waals surface area (Å²) in [4.78, 5) is 41.1. The van der Waals surface area contributed by atoms with Crippen LogP contribution in [0.15, 0.2) is 15.0 Å². The van der Waals surface area contributed by atoms with E-state index in [-0.39, 0.29) is 0 Å². The Kier molecular flexibility index (Phi) is 7.40. The van der Waals surface area contributed by atoms with Crippen molar-refractivity contribution in [3.8, 4) is 0 Å². The number of aliphatic imine (C=N–C) groups is 3. The van der Waals surface area contributed by atoms with Gasteiger partial charge in [-0.05, 0) is 33.1 Å². The molecule has 2 atom stereocenters. The van der Waals surface area contributed by atoms with Crippen molar-refractivity contribution in [3.63, 3.8) is 0 Å². The maximum atomic E-state index is 10.4. The smallest absolute Gasteiger partial charge is 0.211 e. The van der Waals surface area contributed by atoms with Crippen LogP contribution in [-0.2, 0) is 14.4 Å². The standard InChI is InChI=1S/C11H15N3O3/c1-10(13-8-16)11(2,14-9-17)5-3-4-6-12-7-15/h10H,3-6H2,1-2H3. The van der Waals surface area contributed by atoms with E-state index in [2.05, 4.69) is 15.0 Å². The van der Waals surface area contributed by atoms with E-state index in [1.165, 1.54) is 18.2 Å². The van der Waals surface area contributed by atoms with Crippen LogP contribution in [-0.4, -0.2) is 36.4 Å². The van der Waals surface area contributed by atoms with Gasteiger partial charge in [-0.25, -0.2) is 24.4 Å². The minimum Gasteiger partial charge on any atom is -0.211 e. The van der Waals surface area contributed by atoms with Gasteiger partial charge in [0.2, 0.25) is 18.2 Å². The number of unbranched alkanes of at least 4 members (excludes halogenated alkanes) is 1. The molecular weight excluding hydrogens is 222 g/mol. The van der Waals surface area contributed by atoms with Gasteiger partial charge in [0.1, 0.15) is 0 Å². The molecule has 6 heteroatoms. The maximum Gasteiger partial charge on any atom is 0.235 e. The molecule has 0 aromatic rings. The summed E-state index contributed by atoms with van der Waals surface area (Å²) in [6, 6.07) is -0.434. The third kappa shape index (κ3) is 5.69. The van der Waals surface area contributed by atoms with E-state index in [0.717, 1.165) is 0 Å². The lowest BCUT2D eigenvalue weighted by atomic mass is 9.88. The van der Waals surface area contributed by atoms with Crippen molar-refractivity contribution >= 4 is 18.2 Å². The van der Waals surface area contributed by atoms with Gasteiger partial charge in [-0.1, -0.05) is 0 Å². The van der Waals surface area contributed by atoms with Gasteiger partial charge < -0.3 is 0 Å². The van der Waals surface area contributed by atoms with Crippen LogP contribution in [0.4, 0.5) is 0 Å². The van der Waals surface area contributed by atoms with Crippen molar-refractivity contribution in [3.05, 3.63) is 0 Å². The van der Waals surface area contributed by atoms with Crippen LogP contribution in [0.5, 0.6) is 0 Å². The van der Waals surface area contributed by atoms with E-state index in [9.17, 15) is 14.4 Å². The molecule has 0 radical (unpaired) electrons. The van der Waals surface area contributed by atoms with Crippen LogP contribution in [0.1, 0.15) is 33.1 Å². The molecule has 0 heterocycles. The Bertz CT molecular complexity index is 377. The summed E-state index contributed by atoms with van der Waals surface area (Å²) in [6.07, 6.45) is 6.37. The Morgan fingerprint density at radius 1 is 1.12 bits per heavy atom. The van der Waals surface area contributed by atoms with Crippen LogP contribution in [0.3, 0.4) is 0 Å². The number of isocyanates is 3. The molecular formula is C11H15N3O3. The molecule has 0 aliphatic heterocycles. The molecule has 6 nitrogen and oxygen atoms in total. The first-order chi connectivity index (χ1) is 8.10. The average molecular weight is 237 g/mol. The third-order valence-electron chi connectivity index (χ3n) is 2.71. The number of carbonyl (C=O) groups excluding carboxylic acids is 3. The van der Waals surface area contributed by atoms with Crippen molar-refractivity contribution in [1.29, 1.82) is 0 Å². The molecule has 0 saturated carbocycles. The van der Waals surface area contributed by atoms with Crippen molar-refractivity contribution in [2.75, 3.05) is 6.54 Å².